The van der Waals surface area contributed by atoms with E-state index < -0.39 is 0 Å². The fourth-order valence-corrected chi connectivity index (χ4v) is 3.57. The van der Waals surface area contributed by atoms with E-state index >= 15 is 0 Å². The minimum atomic E-state index is -0.121. The molecule has 9 heavy (non-hydrogen) atoms. The van der Waals surface area contributed by atoms with Crippen LogP contribution in [0.1, 0.15) is 6.92 Å². The summed E-state index contributed by atoms with van der Waals surface area (Å²) < 4.78 is 3.86. The minimum absolute atomic E-state index is 0.121. The second-order valence-electron chi connectivity index (χ2n) is 2.18. The normalized spacial score (nSPS) is 21.2. The summed E-state index contributed by atoms with van der Waals surface area (Å²) in [6.45, 7) is 2.19. The van der Waals surface area contributed by atoms with Gasteiger partial charge in [0, 0.05) is 0 Å². The molecule has 0 saturated carbocycles. The van der Waals surface area contributed by atoms with Crippen LogP contribution in [0.5, 0.6) is 0 Å². The van der Waals surface area contributed by atoms with Gasteiger partial charge in [-0.25, -0.2) is 0 Å². The molecule has 0 aromatic rings. The van der Waals surface area contributed by atoms with E-state index in [1.54, 1.807) is 3.45 Å². The predicted molar refractivity (Wildman–Crippen MR) is 40.4 cm³/mol. The van der Waals surface area contributed by atoms with E-state index in [2.05, 4.69) is 29.2 Å². The van der Waals surface area contributed by atoms with Crippen molar-refractivity contribution < 1.29 is 0 Å². The van der Waals surface area contributed by atoms with Crippen LogP contribution < -0.4 is 0 Å². The van der Waals surface area contributed by atoms with Gasteiger partial charge in [-0.15, -0.1) is 0 Å². The molecule has 0 N–H and O–H groups in total. The van der Waals surface area contributed by atoms with Crippen LogP contribution in [-0.2, 0) is 0 Å². The third-order valence-corrected chi connectivity index (χ3v) is 4.71. The summed E-state index contributed by atoms with van der Waals surface area (Å²) in [5, 5.41) is 0. The summed E-state index contributed by atoms with van der Waals surface area (Å²) in [4.78, 5) is 0. The summed E-state index contributed by atoms with van der Waals surface area (Å²) in [6, 6.07) is 0. The maximum absolute atomic E-state index is 3.26. The average Bonchev–Trinajstić information content (AvgIpc) is 2.35. The molecule has 1 radical (unpaired) electrons. The Morgan fingerprint density at radius 2 is 2.33 bits per heavy atom. The van der Waals surface area contributed by atoms with E-state index in [-0.39, 0.29) is 21.1 Å². The standard InChI is InChI=1S/C8H6.Sb/c1-3-8-5-4-7(2)6-8;/h1,4-5H,2H3;. The molecule has 0 fully saturated rings. The molecule has 43 valence electrons. The summed E-state index contributed by atoms with van der Waals surface area (Å²) in [7, 11) is 0. The molecular formula is C8H6Sb. The number of fused-ring (bicyclic) bond motifs is 1. The topological polar surface area (TPSA) is 0 Å². The van der Waals surface area contributed by atoms with Gasteiger partial charge >= 0.3 is 64.9 Å². The van der Waals surface area contributed by atoms with Crippen LogP contribution in [0, 0.1) is 6.08 Å². The van der Waals surface area contributed by atoms with E-state index in [1.807, 2.05) is 0 Å². The molecule has 2 aliphatic rings. The number of rotatable bonds is 0. The molecule has 0 aromatic carbocycles. The SMILES string of the molecule is CC1=CC=C2[C]=[CH][Sb]=[C]12. The van der Waals surface area contributed by atoms with Gasteiger partial charge in [0.25, 0.3) is 0 Å². The molecule has 0 amide bonds. The molecule has 0 aromatic heterocycles. The summed E-state index contributed by atoms with van der Waals surface area (Å²) in [5.41, 5.74) is 2.84. The Morgan fingerprint density at radius 3 is 3.11 bits per heavy atom. The molecule has 2 rings (SSSR count). The molecule has 0 unspecified atom stereocenters. The number of allylic oxidation sites excluding steroid dienone is 5. The van der Waals surface area contributed by atoms with Crippen molar-refractivity contribution in [3.63, 3.8) is 0 Å². The molecule has 1 heterocycles. The molecule has 0 nitrogen and oxygen atoms in total. The van der Waals surface area contributed by atoms with Gasteiger partial charge in [0.15, 0.2) is 0 Å². The second-order valence-corrected chi connectivity index (χ2v) is 4.93. The first-order valence-electron chi connectivity index (χ1n) is 2.93. The van der Waals surface area contributed by atoms with Crippen molar-refractivity contribution in [2.45, 2.75) is 6.92 Å². The summed E-state index contributed by atoms with van der Waals surface area (Å²) in [5.74, 6) is 0. The van der Waals surface area contributed by atoms with Crippen LogP contribution in [0.3, 0.4) is 0 Å². The zero-order chi connectivity index (χ0) is 6.27. The van der Waals surface area contributed by atoms with Crippen molar-refractivity contribution >= 4 is 24.6 Å². The number of hydrogen-bond donors (Lipinski definition) is 0. The third-order valence-electron chi connectivity index (χ3n) is 1.54. The Labute approximate surface area is 65.0 Å². The van der Waals surface area contributed by atoms with Gasteiger partial charge in [-0.3, -0.25) is 0 Å². The van der Waals surface area contributed by atoms with Crippen LogP contribution in [-0.4, -0.2) is 24.6 Å². The molecule has 0 atom stereocenters. The van der Waals surface area contributed by atoms with Gasteiger partial charge in [0.2, 0.25) is 0 Å². The number of hydrogen-bond acceptors (Lipinski definition) is 0. The first-order chi connectivity index (χ1) is 4.38. The first kappa shape index (κ1) is 5.67. The van der Waals surface area contributed by atoms with Gasteiger partial charge in [-0.1, -0.05) is 0 Å². The van der Waals surface area contributed by atoms with Gasteiger partial charge < -0.3 is 0 Å². The van der Waals surface area contributed by atoms with Gasteiger partial charge in [-0.2, -0.15) is 0 Å². The van der Waals surface area contributed by atoms with Crippen molar-refractivity contribution in [2.75, 3.05) is 0 Å². The van der Waals surface area contributed by atoms with E-state index in [4.69, 9.17) is 0 Å². The maximum atomic E-state index is 3.26. The van der Waals surface area contributed by atoms with Crippen molar-refractivity contribution in [1.82, 2.24) is 0 Å². The van der Waals surface area contributed by atoms with Gasteiger partial charge in [0.1, 0.15) is 0 Å². The van der Waals surface area contributed by atoms with Crippen molar-refractivity contribution in [2.24, 2.45) is 0 Å². The Balaban J connectivity index is 2.53. The fraction of sp³-hybridized carbons (Fsp3) is 0.125. The summed E-state index contributed by atoms with van der Waals surface area (Å²) in [6.07, 6.45) is 7.63. The van der Waals surface area contributed by atoms with Crippen LogP contribution in [0.15, 0.2) is 27.3 Å². The molecule has 0 saturated heterocycles. The van der Waals surface area contributed by atoms with E-state index in [0.717, 1.165) is 0 Å². The monoisotopic (exact) mass is 223 g/mol. The van der Waals surface area contributed by atoms with Crippen molar-refractivity contribution in [3.8, 4) is 0 Å². The van der Waals surface area contributed by atoms with Crippen LogP contribution in [0.25, 0.3) is 0 Å². The van der Waals surface area contributed by atoms with Crippen LogP contribution in [0.2, 0.25) is 0 Å². The Morgan fingerprint density at radius 1 is 1.44 bits per heavy atom. The zero-order valence-corrected chi connectivity index (χ0v) is 7.73. The van der Waals surface area contributed by atoms with Gasteiger partial charge in [-0.05, 0) is 0 Å². The molecular weight excluding hydrogens is 218 g/mol. The molecule has 1 aliphatic heterocycles. The predicted octanol–water partition coefficient (Wildman–Crippen LogP) is 1.08. The Hall–Kier alpha value is -0.0918. The van der Waals surface area contributed by atoms with Crippen molar-refractivity contribution in [1.29, 1.82) is 0 Å². The third kappa shape index (κ3) is 0.772. The van der Waals surface area contributed by atoms with Crippen LogP contribution in [0.4, 0.5) is 0 Å². The first-order valence-corrected chi connectivity index (χ1v) is 5.68. The van der Waals surface area contributed by atoms with Gasteiger partial charge in [0.05, 0.1) is 0 Å². The summed E-state index contributed by atoms with van der Waals surface area (Å²) >= 11 is -0.121. The fourth-order valence-electron chi connectivity index (χ4n) is 1.03. The van der Waals surface area contributed by atoms with Crippen LogP contribution >= 0.6 is 0 Å². The molecule has 0 spiro atoms. The average molecular weight is 224 g/mol. The molecule has 1 heteroatoms. The zero-order valence-electron chi connectivity index (χ0n) is 5.18. The Bertz CT molecular complexity index is 264. The molecule has 1 aliphatic carbocycles. The van der Waals surface area contributed by atoms with Crippen molar-refractivity contribution in [3.05, 3.63) is 33.4 Å². The van der Waals surface area contributed by atoms with E-state index in [1.165, 1.54) is 11.1 Å². The molecule has 0 bridgehead atoms. The van der Waals surface area contributed by atoms with E-state index in [9.17, 15) is 0 Å². The Kier molecular flexibility index (Phi) is 1.23. The second kappa shape index (κ2) is 1.95. The quantitative estimate of drug-likeness (QED) is 0.540. The van der Waals surface area contributed by atoms with E-state index in [0.29, 0.717) is 0 Å².